The van der Waals surface area contributed by atoms with Crippen molar-refractivity contribution in [2.45, 2.75) is 31.7 Å². The van der Waals surface area contributed by atoms with E-state index in [1.165, 1.54) is 0 Å². The van der Waals surface area contributed by atoms with Crippen LogP contribution in [0.25, 0.3) is 0 Å². The number of hydrogen-bond donors (Lipinski definition) is 2. The van der Waals surface area contributed by atoms with E-state index in [0.29, 0.717) is 11.4 Å². The van der Waals surface area contributed by atoms with Crippen LogP contribution in [0, 0.1) is 13.8 Å². The number of hydrogen-bond acceptors (Lipinski definition) is 4. The Bertz CT molecular complexity index is 738. The molecule has 0 aliphatic carbocycles. The molecule has 0 fully saturated rings. The second kappa shape index (κ2) is 5.83. The van der Waals surface area contributed by atoms with Gasteiger partial charge in [-0.25, -0.2) is 8.42 Å². The van der Waals surface area contributed by atoms with Gasteiger partial charge in [0.1, 0.15) is 0 Å². The van der Waals surface area contributed by atoms with Gasteiger partial charge in [-0.05, 0) is 50.6 Å². The van der Waals surface area contributed by atoms with Gasteiger partial charge in [-0.3, -0.25) is 9.71 Å². The van der Waals surface area contributed by atoms with Gasteiger partial charge in [0.25, 0.3) is 10.0 Å². The SMILES string of the molecule is Cc1ccc(NS(=O)(=O)c2ccc(C(C)N)cc2)c(C)n1. The van der Waals surface area contributed by atoms with Gasteiger partial charge in [0.15, 0.2) is 0 Å². The molecule has 1 aromatic heterocycles. The van der Waals surface area contributed by atoms with Crippen molar-refractivity contribution in [3.8, 4) is 0 Å². The second-order valence-corrected chi connectivity index (χ2v) is 6.73. The highest BCUT2D eigenvalue weighted by molar-refractivity contribution is 7.92. The quantitative estimate of drug-likeness (QED) is 0.909. The molecule has 1 atom stereocenters. The molecule has 0 bridgehead atoms. The Labute approximate surface area is 125 Å². The topological polar surface area (TPSA) is 85.1 Å². The van der Waals surface area contributed by atoms with Crippen molar-refractivity contribution in [2.75, 3.05) is 4.72 Å². The second-order valence-electron chi connectivity index (χ2n) is 5.05. The number of sulfonamides is 1. The van der Waals surface area contributed by atoms with Crippen molar-refractivity contribution >= 4 is 15.7 Å². The van der Waals surface area contributed by atoms with E-state index in [9.17, 15) is 8.42 Å². The molecule has 1 unspecified atom stereocenters. The number of benzene rings is 1. The van der Waals surface area contributed by atoms with E-state index in [4.69, 9.17) is 5.73 Å². The number of pyridine rings is 1. The average Bonchev–Trinajstić information content (AvgIpc) is 2.42. The minimum atomic E-state index is -3.62. The molecular formula is C15H19N3O2S. The van der Waals surface area contributed by atoms with E-state index in [-0.39, 0.29) is 10.9 Å². The summed E-state index contributed by atoms with van der Waals surface area (Å²) in [6, 6.07) is 9.91. The molecule has 0 spiro atoms. The van der Waals surface area contributed by atoms with Gasteiger partial charge in [0.05, 0.1) is 16.3 Å². The zero-order valence-electron chi connectivity index (χ0n) is 12.3. The minimum Gasteiger partial charge on any atom is -0.324 e. The van der Waals surface area contributed by atoms with E-state index in [2.05, 4.69) is 9.71 Å². The number of aryl methyl sites for hydroxylation is 2. The largest absolute Gasteiger partial charge is 0.324 e. The molecule has 6 heteroatoms. The van der Waals surface area contributed by atoms with Crippen molar-refractivity contribution in [3.63, 3.8) is 0 Å². The van der Waals surface area contributed by atoms with Gasteiger partial charge in [0.2, 0.25) is 0 Å². The van der Waals surface area contributed by atoms with E-state index < -0.39 is 10.0 Å². The fourth-order valence-corrected chi connectivity index (χ4v) is 3.07. The third kappa shape index (κ3) is 3.59. The fraction of sp³-hybridized carbons (Fsp3) is 0.267. The van der Waals surface area contributed by atoms with Crippen molar-refractivity contribution < 1.29 is 8.42 Å². The highest BCUT2D eigenvalue weighted by Crippen LogP contribution is 2.20. The van der Waals surface area contributed by atoms with Crippen LogP contribution in [0.5, 0.6) is 0 Å². The third-order valence-corrected chi connectivity index (χ3v) is 4.57. The summed E-state index contributed by atoms with van der Waals surface area (Å²) in [4.78, 5) is 4.45. The van der Waals surface area contributed by atoms with Crippen molar-refractivity contribution in [2.24, 2.45) is 5.73 Å². The molecule has 0 radical (unpaired) electrons. The number of aromatic nitrogens is 1. The summed E-state index contributed by atoms with van der Waals surface area (Å²) >= 11 is 0. The lowest BCUT2D eigenvalue weighted by molar-refractivity contribution is 0.601. The highest BCUT2D eigenvalue weighted by atomic mass is 32.2. The van der Waals surface area contributed by atoms with E-state index in [1.807, 2.05) is 13.8 Å². The lowest BCUT2D eigenvalue weighted by Crippen LogP contribution is -2.14. The standard InChI is InChI=1S/C15H19N3O2S/c1-10-4-9-15(12(3)17-10)18-21(19,20)14-7-5-13(6-8-14)11(2)16/h4-9,11,18H,16H2,1-3H3. The van der Waals surface area contributed by atoms with E-state index in [0.717, 1.165) is 11.3 Å². The minimum absolute atomic E-state index is 0.127. The third-order valence-electron chi connectivity index (χ3n) is 3.19. The van der Waals surface area contributed by atoms with Gasteiger partial charge in [0, 0.05) is 11.7 Å². The Balaban J connectivity index is 2.29. The lowest BCUT2D eigenvalue weighted by atomic mass is 10.1. The first-order valence-electron chi connectivity index (χ1n) is 6.62. The molecule has 0 aliphatic heterocycles. The summed E-state index contributed by atoms with van der Waals surface area (Å²) in [5.74, 6) is 0. The zero-order chi connectivity index (χ0) is 15.6. The van der Waals surface area contributed by atoms with Crippen LogP contribution < -0.4 is 10.5 Å². The van der Waals surface area contributed by atoms with Crippen LogP contribution in [-0.2, 0) is 10.0 Å². The first-order chi connectivity index (χ1) is 9.79. The molecule has 21 heavy (non-hydrogen) atoms. The Morgan fingerprint density at radius 3 is 2.24 bits per heavy atom. The summed E-state index contributed by atoms with van der Waals surface area (Å²) in [5.41, 5.74) is 8.62. The molecule has 2 aromatic rings. The molecule has 0 aliphatic rings. The molecule has 2 rings (SSSR count). The maximum atomic E-state index is 12.3. The van der Waals surface area contributed by atoms with Gasteiger partial charge >= 0.3 is 0 Å². The Hall–Kier alpha value is -1.92. The fourth-order valence-electron chi connectivity index (χ4n) is 1.95. The van der Waals surface area contributed by atoms with Crippen LogP contribution in [0.2, 0.25) is 0 Å². The van der Waals surface area contributed by atoms with Gasteiger partial charge in [-0.1, -0.05) is 12.1 Å². The van der Waals surface area contributed by atoms with Crippen LogP contribution in [0.1, 0.15) is 29.9 Å². The number of rotatable bonds is 4. The summed E-state index contributed by atoms with van der Waals surface area (Å²) in [7, 11) is -3.62. The van der Waals surface area contributed by atoms with Crippen molar-refractivity contribution in [3.05, 3.63) is 53.3 Å². The maximum Gasteiger partial charge on any atom is 0.261 e. The summed E-state index contributed by atoms with van der Waals surface area (Å²) in [5, 5.41) is 0. The van der Waals surface area contributed by atoms with Crippen LogP contribution in [0.3, 0.4) is 0 Å². The summed E-state index contributed by atoms with van der Waals surface area (Å²) < 4.78 is 27.3. The molecule has 0 amide bonds. The van der Waals surface area contributed by atoms with Gasteiger partial charge < -0.3 is 5.73 Å². The molecular weight excluding hydrogens is 286 g/mol. The van der Waals surface area contributed by atoms with Crippen LogP contribution in [0.4, 0.5) is 5.69 Å². The molecule has 5 nitrogen and oxygen atoms in total. The summed E-state index contributed by atoms with van der Waals surface area (Å²) in [6.07, 6.45) is 0. The van der Waals surface area contributed by atoms with Gasteiger partial charge in [-0.2, -0.15) is 0 Å². The maximum absolute atomic E-state index is 12.3. The Morgan fingerprint density at radius 1 is 1.10 bits per heavy atom. The highest BCUT2D eigenvalue weighted by Gasteiger charge is 2.15. The van der Waals surface area contributed by atoms with Gasteiger partial charge in [-0.15, -0.1) is 0 Å². The average molecular weight is 305 g/mol. The zero-order valence-corrected chi connectivity index (χ0v) is 13.1. The predicted octanol–water partition coefficient (Wildman–Crippen LogP) is 2.52. The number of nitrogens with two attached hydrogens (primary N) is 1. The molecule has 1 heterocycles. The molecule has 1 aromatic carbocycles. The van der Waals surface area contributed by atoms with Crippen LogP contribution in [0.15, 0.2) is 41.3 Å². The van der Waals surface area contributed by atoms with Crippen LogP contribution >= 0.6 is 0 Å². The number of nitrogens with one attached hydrogen (secondary N) is 1. The van der Waals surface area contributed by atoms with Crippen molar-refractivity contribution in [1.29, 1.82) is 0 Å². The molecule has 0 saturated heterocycles. The van der Waals surface area contributed by atoms with Crippen LogP contribution in [-0.4, -0.2) is 13.4 Å². The van der Waals surface area contributed by atoms with E-state index >= 15 is 0 Å². The number of nitrogens with zero attached hydrogens (tertiary/aromatic N) is 1. The first-order valence-corrected chi connectivity index (χ1v) is 8.10. The lowest BCUT2D eigenvalue weighted by Gasteiger charge is -2.11. The predicted molar refractivity (Wildman–Crippen MR) is 83.6 cm³/mol. The van der Waals surface area contributed by atoms with E-state index in [1.54, 1.807) is 43.3 Å². The first kappa shape index (κ1) is 15.5. The number of anilines is 1. The molecule has 112 valence electrons. The Morgan fingerprint density at radius 2 is 1.71 bits per heavy atom. The smallest absolute Gasteiger partial charge is 0.261 e. The molecule has 0 saturated carbocycles. The normalized spacial score (nSPS) is 13.0. The Kier molecular flexibility index (Phi) is 4.29. The monoisotopic (exact) mass is 305 g/mol. The molecule has 3 N–H and O–H groups in total. The summed E-state index contributed by atoms with van der Waals surface area (Å²) in [6.45, 7) is 5.48. The van der Waals surface area contributed by atoms with Crippen molar-refractivity contribution in [1.82, 2.24) is 4.98 Å².